The van der Waals surface area contributed by atoms with Gasteiger partial charge in [-0.3, -0.25) is 4.79 Å². The van der Waals surface area contributed by atoms with E-state index in [9.17, 15) is 10.1 Å². The number of carbonyl (C=O) groups excluding carboxylic acids is 1. The molecule has 0 bridgehead atoms. The molecule has 20 heavy (non-hydrogen) atoms. The highest BCUT2D eigenvalue weighted by Crippen LogP contribution is 2.24. The van der Waals surface area contributed by atoms with Gasteiger partial charge in [-0.05, 0) is 53.0 Å². The van der Waals surface area contributed by atoms with Gasteiger partial charge in [-0.1, -0.05) is 24.3 Å². The average Bonchev–Trinajstić information content (AvgIpc) is 2.42. The Hall–Kier alpha value is -2.12. The van der Waals surface area contributed by atoms with Gasteiger partial charge in [0.1, 0.15) is 6.07 Å². The summed E-state index contributed by atoms with van der Waals surface area (Å²) >= 11 is 3.42. The Morgan fingerprint density at radius 3 is 2.50 bits per heavy atom. The van der Waals surface area contributed by atoms with Crippen molar-refractivity contribution in [1.82, 2.24) is 0 Å². The zero-order valence-electron chi connectivity index (χ0n) is 11.2. The minimum atomic E-state index is -0.234. The number of rotatable bonds is 2. The van der Waals surface area contributed by atoms with Gasteiger partial charge in [0, 0.05) is 4.47 Å². The summed E-state index contributed by atoms with van der Waals surface area (Å²) in [6, 6.07) is 13.0. The minimum absolute atomic E-state index is 0.234. The molecular formula is C16H13BrN2O. The lowest BCUT2D eigenvalue weighted by molar-refractivity contribution is 0.102. The second kappa shape index (κ2) is 5.89. The molecule has 0 atom stereocenters. The molecule has 1 N–H and O–H groups in total. The van der Waals surface area contributed by atoms with Crippen LogP contribution >= 0.6 is 15.9 Å². The van der Waals surface area contributed by atoms with E-state index < -0.39 is 0 Å². The molecule has 0 unspecified atom stereocenters. The number of amides is 1. The van der Waals surface area contributed by atoms with Crippen LogP contribution in [0.2, 0.25) is 0 Å². The van der Waals surface area contributed by atoms with Gasteiger partial charge in [0.25, 0.3) is 5.91 Å². The number of nitrogens with zero attached hydrogens (tertiary/aromatic N) is 1. The topological polar surface area (TPSA) is 52.9 Å². The van der Waals surface area contributed by atoms with Crippen LogP contribution in [0.1, 0.15) is 27.0 Å². The van der Waals surface area contributed by atoms with Crippen LogP contribution in [0, 0.1) is 25.2 Å². The van der Waals surface area contributed by atoms with Crippen molar-refractivity contribution in [1.29, 1.82) is 5.26 Å². The van der Waals surface area contributed by atoms with Crippen molar-refractivity contribution in [2.45, 2.75) is 13.8 Å². The molecule has 2 aromatic carbocycles. The van der Waals surface area contributed by atoms with Crippen LogP contribution in [0.5, 0.6) is 0 Å². The number of nitrogens with one attached hydrogen (secondary N) is 1. The molecule has 2 rings (SSSR count). The molecule has 100 valence electrons. The number of aryl methyl sites for hydroxylation is 2. The van der Waals surface area contributed by atoms with Crippen LogP contribution in [0.15, 0.2) is 40.9 Å². The van der Waals surface area contributed by atoms with Crippen molar-refractivity contribution in [2.75, 3.05) is 5.32 Å². The maximum Gasteiger partial charge on any atom is 0.256 e. The summed E-state index contributed by atoms with van der Waals surface area (Å²) in [5.74, 6) is -0.234. The normalized spacial score (nSPS) is 9.90. The average molecular weight is 329 g/mol. The van der Waals surface area contributed by atoms with Crippen molar-refractivity contribution in [3.63, 3.8) is 0 Å². The summed E-state index contributed by atoms with van der Waals surface area (Å²) in [6.45, 7) is 3.77. The predicted molar refractivity (Wildman–Crippen MR) is 82.7 cm³/mol. The van der Waals surface area contributed by atoms with E-state index in [4.69, 9.17) is 0 Å². The molecule has 2 aromatic rings. The largest absolute Gasteiger partial charge is 0.321 e. The first-order chi connectivity index (χ1) is 9.54. The molecule has 0 fully saturated rings. The molecule has 0 aliphatic heterocycles. The highest BCUT2D eigenvalue weighted by Gasteiger charge is 2.13. The standard InChI is InChI=1S/C16H13BrN2O/c1-10-5-4-8-14(13(10)9-18)19-16(20)12-7-3-6-11(2)15(12)17/h3-8H,1-2H3,(H,19,20). The van der Waals surface area contributed by atoms with Crippen LogP contribution in [0.4, 0.5) is 5.69 Å². The van der Waals surface area contributed by atoms with Gasteiger partial charge in [-0.2, -0.15) is 5.26 Å². The quantitative estimate of drug-likeness (QED) is 0.898. The lowest BCUT2D eigenvalue weighted by atomic mass is 10.1. The van der Waals surface area contributed by atoms with Crippen molar-refractivity contribution < 1.29 is 4.79 Å². The van der Waals surface area contributed by atoms with E-state index in [0.717, 1.165) is 15.6 Å². The summed E-state index contributed by atoms with van der Waals surface area (Å²) in [5, 5.41) is 12.0. The minimum Gasteiger partial charge on any atom is -0.321 e. The fourth-order valence-corrected chi connectivity index (χ4v) is 2.38. The zero-order valence-corrected chi connectivity index (χ0v) is 12.8. The van der Waals surface area contributed by atoms with Crippen LogP contribution in [0.3, 0.4) is 0 Å². The van der Waals surface area contributed by atoms with Crippen molar-refractivity contribution in [2.24, 2.45) is 0 Å². The second-order valence-electron chi connectivity index (χ2n) is 4.50. The first kappa shape index (κ1) is 14.3. The number of nitriles is 1. The Morgan fingerprint density at radius 1 is 1.15 bits per heavy atom. The molecule has 0 aliphatic carbocycles. The van der Waals surface area contributed by atoms with Crippen molar-refractivity contribution in [3.05, 3.63) is 63.1 Å². The molecule has 0 saturated heterocycles. The first-order valence-corrected chi connectivity index (χ1v) is 6.90. The van der Waals surface area contributed by atoms with E-state index in [1.807, 2.05) is 38.1 Å². The number of halogens is 1. The van der Waals surface area contributed by atoms with Crippen molar-refractivity contribution >= 4 is 27.5 Å². The fourth-order valence-electron chi connectivity index (χ4n) is 1.93. The third kappa shape index (κ3) is 2.73. The predicted octanol–water partition coefficient (Wildman–Crippen LogP) is 4.19. The zero-order chi connectivity index (χ0) is 14.7. The summed E-state index contributed by atoms with van der Waals surface area (Å²) in [5.41, 5.74) is 3.40. The molecular weight excluding hydrogens is 316 g/mol. The Morgan fingerprint density at radius 2 is 1.80 bits per heavy atom. The summed E-state index contributed by atoms with van der Waals surface area (Å²) < 4.78 is 0.767. The Labute approximate surface area is 126 Å². The van der Waals surface area contributed by atoms with Gasteiger partial charge in [0.15, 0.2) is 0 Å². The summed E-state index contributed by atoms with van der Waals surface area (Å²) in [4.78, 5) is 12.3. The van der Waals surface area contributed by atoms with Gasteiger partial charge >= 0.3 is 0 Å². The van der Waals surface area contributed by atoms with E-state index in [1.54, 1.807) is 12.1 Å². The van der Waals surface area contributed by atoms with E-state index in [0.29, 0.717) is 16.8 Å². The van der Waals surface area contributed by atoms with E-state index in [1.165, 1.54) is 0 Å². The SMILES string of the molecule is Cc1cccc(C(=O)Nc2cccc(C)c2C#N)c1Br. The molecule has 0 heterocycles. The second-order valence-corrected chi connectivity index (χ2v) is 5.29. The summed E-state index contributed by atoms with van der Waals surface area (Å²) in [7, 11) is 0. The van der Waals surface area contributed by atoms with E-state index in [-0.39, 0.29) is 5.91 Å². The van der Waals surface area contributed by atoms with E-state index >= 15 is 0 Å². The molecule has 0 aliphatic rings. The maximum atomic E-state index is 12.3. The highest BCUT2D eigenvalue weighted by atomic mass is 79.9. The number of benzene rings is 2. The Balaban J connectivity index is 2.36. The maximum absolute atomic E-state index is 12.3. The molecule has 0 spiro atoms. The molecule has 1 amide bonds. The van der Waals surface area contributed by atoms with E-state index in [2.05, 4.69) is 27.3 Å². The highest BCUT2D eigenvalue weighted by molar-refractivity contribution is 9.10. The molecule has 0 saturated carbocycles. The van der Waals surface area contributed by atoms with Crippen LogP contribution in [-0.4, -0.2) is 5.91 Å². The first-order valence-electron chi connectivity index (χ1n) is 6.10. The molecule has 3 nitrogen and oxygen atoms in total. The smallest absolute Gasteiger partial charge is 0.256 e. The lowest BCUT2D eigenvalue weighted by Gasteiger charge is -2.10. The lowest BCUT2D eigenvalue weighted by Crippen LogP contribution is -2.14. The number of hydrogen-bond donors (Lipinski definition) is 1. The summed E-state index contributed by atoms with van der Waals surface area (Å²) in [6.07, 6.45) is 0. The number of carbonyl (C=O) groups is 1. The van der Waals surface area contributed by atoms with Crippen molar-refractivity contribution in [3.8, 4) is 6.07 Å². The third-order valence-electron chi connectivity index (χ3n) is 3.07. The monoisotopic (exact) mass is 328 g/mol. The van der Waals surface area contributed by atoms with Gasteiger partial charge in [-0.15, -0.1) is 0 Å². The van der Waals surface area contributed by atoms with Crippen LogP contribution in [-0.2, 0) is 0 Å². The molecule has 0 radical (unpaired) electrons. The Bertz CT molecular complexity index is 717. The number of anilines is 1. The fraction of sp³-hybridized carbons (Fsp3) is 0.125. The molecule has 0 aromatic heterocycles. The van der Waals surface area contributed by atoms with Gasteiger partial charge in [0.05, 0.1) is 16.8 Å². The van der Waals surface area contributed by atoms with Gasteiger partial charge in [0.2, 0.25) is 0 Å². The third-order valence-corrected chi connectivity index (χ3v) is 4.12. The number of hydrogen-bond acceptors (Lipinski definition) is 2. The van der Waals surface area contributed by atoms with Crippen LogP contribution in [0.25, 0.3) is 0 Å². The Kier molecular flexibility index (Phi) is 4.21. The van der Waals surface area contributed by atoms with Gasteiger partial charge in [-0.25, -0.2) is 0 Å². The van der Waals surface area contributed by atoms with Gasteiger partial charge < -0.3 is 5.32 Å². The van der Waals surface area contributed by atoms with Crippen LogP contribution < -0.4 is 5.32 Å². The molecule has 4 heteroatoms.